The minimum atomic E-state index is -0.321. The van der Waals surface area contributed by atoms with Crippen molar-refractivity contribution in [1.82, 2.24) is 4.90 Å². The van der Waals surface area contributed by atoms with Gasteiger partial charge in [-0.1, -0.05) is 19.4 Å². The van der Waals surface area contributed by atoms with Crippen molar-refractivity contribution in [3.63, 3.8) is 0 Å². The van der Waals surface area contributed by atoms with E-state index >= 15 is 0 Å². The lowest BCUT2D eigenvalue weighted by Crippen LogP contribution is -2.24. The van der Waals surface area contributed by atoms with E-state index in [1.54, 1.807) is 12.1 Å². The van der Waals surface area contributed by atoms with Gasteiger partial charge in [-0.2, -0.15) is 5.26 Å². The minimum absolute atomic E-state index is 0.304. The molecule has 0 saturated heterocycles. The summed E-state index contributed by atoms with van der Waals surface area (Å²) in [6.07, 6.45) is 2.15. The SMILES string of the molecule is CCCCN(C)C(C#N)c1ccc(F)c(Br)c1. The molecule has 0 spiro atoms. The highest BCUT2D eigenvalue weighted by molar-refractivity contribution is 9.10. The second-order valence-corrected chi connectivity index (χ2v) is 4.89. The monoisotopic (exact) mass is 298 g/mol. The van der Waals surface area contributed by atoms with Gasteiger partial charge in [-0.15, -0.1) is 0 Å². The zero-order valence-corrected chi connectivity index (χ0v) is 11.7. The molecule has 0 heterocycles. The molecule has 1 rings (SSSR count). The Labute approximate surface area is 110 Å². The van der Waals surface area contributed by atoms with E-state index in [1.165, 1.54) is 6.07 Å². The van der Waals surface area contributed by atoms with Crippen LogP contribution in [0.25, 0.3) is 0 Å². The summed E-state index contributed by atoms with van der Waals surface area (Å²) >= 11 is 3.14. The van der Waals surface area contributed by atoms with Crippen molar-refractivity contribution >= 4 is 15.9 Å². The van der Waals surface area contributed by atoms with Crippen LogP contribution in [0.5, 0.6) is 0 Å². The molecule has 0 aliphatic rings. The molecule has 0 fully saturated rings. The normalized spacial score (nSPS) is 12.5. The van der Waals surface area contributed by atoms with Crippen molar-refractivity contribution in [3.05, 3.63) is 34.1 Å². The van der Waals surface area contributed by atoms with Crippen LogP contribution in [0.3, 0.4) is 0 Å². The number of nitriles is 1. The standard InChI is InChI=1S/C13H16BrFN2/c1-3-4-7-17(2)13(9-16)10-5-6-12(15)11(14)8-10/h5-6,8,13H,3-4,7H2,1-2H3. The van der Waals surface area contributed by atoms with Crippen LogP contribution in [-0.4, -0.2) is 18.5 Å². The van der Waals surface area contributed by atoms with Crippen LogP contribution in [0.1, 0.15) is 31.4 Å². The van der Waals surface area contributed by atoms with E-state index in [0.29, 0.717) is 4.47 Å². The molecule has 0 aliphatic carbocycles. The third-order valence-electron chi connectivity index (χ3n) is 2.69. The van der Waals surface area contributed by atoms with Gasteiger partial charge in [-0.25, -0.2) is 4.39 Å². The first-order valence-corrected chi connectivity index (χ1v) is 6.44. The number of hydrogen-bond donors (Lipinski definition) is 0. The summed E-state index contributed by atoms with van der Waals surface area (Å²) in [4.78, 5) is 1.99. The Morgan fingerprint density at radius 3 is 2.76 bits per heavy atom. The van der Waals surface area contributed by atoms with Gasteiger partial charge in [0.2, 0.25) is 0 Å². The molecule has 17 heavy (non-hydrogen) atoms. The molecule has 1 atom stereocenters. The Morgan fingerprint density at radius 2 is 2.24 bits per heavy atom. The van der Waals surface area contributed by atoms with Gasteiger partial charge in [0, 0.05) is 0 Å². The van der Waals surface area contributed by atoms with Gasteiger partial charge in [0.05, 0.1) is 10.5 Å². The van der Waals surface area contributed by atoms with Gasteiger partial charge in [-0.05, 0) is 53.6 Å². The Morgan fingerprint density at radius 1 is 1.53 bits per heavy atom. The maximum Gasteiger partial charge on any atom is 0.137 e. The third-order valence-corrected chi connectivity index (χ3v) is 3.29. The summed E-state index contributed by atoms with van der Waals surface area (Å²) in [5.41, 5.74) is 0.819. The lowest BCUT2D eigenvalue weighted by Gasteiger charge is -2.22. The average molecular weight is 299 g/mol. The van der Waals surface area contributed by atoms with Crippen molar-refractivity contribution in [2.45, 2.75) is 25.8 Å². The summed E-state index contributed by atoms with van der Waals surface area (Å²) in [5.74, 6) is -0.304. The number of unbranched alkanes of at least 4 members (excludes halogenated alkanes) is 1. The average Bonchev–Trinajstić information content (AvgIpc) is 2.32. The fraction of sp³-hybridized carbons (Fsp3) is 0.462. The predicted octanol–water partition coefficient (Wildman–Crippen LogP) is 3.88. The van der Waals surface area contributed by atoms with Gasteiger partial charge in [0.15, 0.2) is 0 Å². The van der Waals surface area contributed by atoms with Crippen LogP contribution < -0.4 is 0 Å². The number of halogens is 2. The molecule has 0 aliphatic heterocycles. The smallest absolute Gasteiger partial charge is 0.137 e. The molecule has 92 valence electrons. The Balaban J connectivity index is 2.86. The maximum absolute atomic E-state index is 13.1. The van der Waals surface area contributed by atoms with E-state index in [-0.39, 0.29) is 11.9 Å². The molecule has 0 bridgehead atoms. The molecule has 1 unspecified atom stereocenters. The molecule has 0 radical (unpaired) electrons. The molecule has 4 heteroatoms. The first kappa shape index (κ1) is 14.1. The first-order chi connectivity index (χ1) is 8.10. The van der Waals surface area contributed by atoms with Crippen molar-refractivity contribution in [3.8, 4) is 6.07 Å². The Bertz CT molecular complexity index is 414. The van der Waals surface area contributed by atoms with Gasteiger partial charge in [-0.3, -0.25) is 4.90 Å². The second-order valence-electron chi connectivity index (χ2n) is 4.04. The molecular weight excluding hydrogens is 283 g/mol. The van der Waals surface area contributed by atoms with Crippen molar-refractivity contribution in [1.29, 1.82) is 5.26 Å². The highest BCUT2D eigenvalue weighted by atomic mass is 79.9. The van der Waals surface area contributed by atoms with Gasteiger partial charge >= 0.3 is 0 Å². The van der Waals surface area contributed by atoms with E-state index in [0.717, 1.165) is 24.9 Å². The Hall–Kier alpha value is -0.920. The van der Waals surface area contributed by atoms with Gasteiger partial charge < -0.3 is 0 Å². The summed E-state index contributed by atoms with van der Waals surface area (Å²) in [5, 5.41) is 9.21. The highest BCUT2D eigenvalue weighted by Gasteiger charge is 2.16. The highest BCUT2D eigenvalue weighted by Crippen LogP contribution is 2.24. The molecule has 0 saturated carbocycles. The number of rotatable bonds is 5. The number of nitrogens with zero attached hydrogens (tertiary/aromatic N) is 2. The van der Waals surface area contributed by atoms with Crippen LogP contribution in [-0.2, 0) is 0 Å². The Kier molecular flexibility index (Phi) is 5.60. The predicted molar refractivity (Wildman–Crippen MR) is 70.0 cm³/mol. The molecule has 1 aromatic carbocycles. The molecular formula is C13H16BrFN2. The summed E-state index contributed by atoms with van der Waals surface area (Å²) in [7, 11) is 1.92. The van der Waals surface area contributed by atoms with Crippen LogP contribution in [0.15, 0.2) is 22.7 Å². The van der Waals surface area contributed by atoms with E-state index in [2.05, 4.69) is 28.9 Å². The minimum Gasteiger partial charge on any atom is -0.287 e. The fourth-order valence-corrected chi connectivity index (χ4v) is 2.04. The van der Waals surface area contributed by atoms with Crippen molar-refractivity contribution in [2.24, 2.45) is 0 Å². The first-order valence-electron chi connectivity index (χ1n) is 5.65. The lowest BCUT2D eigenvalue weighted by molar-refractivity contribution is 0.286. The molecule has 1 aromatic rings. The molecule has 0 N–H and O–H groups in total. The topological polar surface area (TPSA) is 27.0 Å². The maximum atomic E-state index is 13.1. The van der Waals surface area contributed by atoms with Crippen LogP contribution in [0, 0.1) is 17.1 Å². The van der Waals surface area contributed by atoms with E-state index < -0.39 is 0 Å². The number of hydrogen-bond acceptors (Lipinski definition) is 2. The van der Waals surface area contributed by atoms with E-state index in [4.69, 9.17) is 0 Å². The van der Waals surface area contributed by atoms with E-state index in [9.17, 15) is 9.65 Å². The summed E-state index contributed by atoms with van der Waals surface area (Å²) in [6, 6.07) is 6.66. The van der Waals surface area contributed by atoms with Gasteiger partial charge in [0.25, 0.3) is 0 Å². The van der Waals surface area contributed by atoms with Crippen LogP contribution >= 0.6 is 15.9 Å². The third kappa shape index (κ3) is 3.79. The zero-order chi connectivity index (χ0) is 12.8. The van der Waals surface area contributed by atoms with Crippen LogP contribution in [0.2, 0.25) is 0 Å². The van der Waals surface area contributed by atoms with Crippen LogP contribution in [0.4, 0.5) is 4.39 Å². The molecule has 2 nitrogen and oxygen atoms in total. The second kappa shape index (κ2) is 6.73. The summed E-state index contributed by atoms with van der Waals surface area (Å²) < 4.78 is 13.5. The lowest BCUT2D eigenvalue weighted by atomic mass is 10.1. The zero-order valence-electron chi connectivity index (χ0n) is 10.1. The summed E-state index contributed by atoms with van der Waals surface area (Å²) in [6.45, 7) is 2.98. The van der Waals surface area contributed by atoms with E-state index in [1.807, 2.05) is 11.9 Å². The molecule has 0 aromatic heterocycles. The fourth-order valence-electron chi connectivity index (χ4n) is 1.65. The van der Waals surface area contributed by atoms with Crippen molar-refractivity contribution in [2.75, 3.05) is 13.6 Å². The van der Waals surface area contributed by atoms with Crippen molar-refractivity contribution < 1.29 is 4.39 Å². The molecule has 0 amide bonds. The number of benzene rings is 1. The quantitative estimate of drug-likeness (QED) is 0.825. The largest absolute Gasteiger partial charge is 0.287 e. The van der Waals surface area contributed by atoms with Gasteiger partial charge in [0.1, 0.15) is 11.9 Å².